The highest BCUT2D eigenvalue weighted by Crippen LogP contribution is 2.34. The van der Waals surface area contributed by atoms with Crippen LogP contribution in [0.1, 0.15) is 53.5 Å². The highest BCUT2D eigenvalue weighted by molar-refractivity contribution is 5.95. The van der Waals surface area contributed by atoms with E-state index < -0.39 is 0 Å². The first kappa shape index (κ1) is 16.6. The fraction of sp³-hybridized carbons (Fsp3) is 0.474. The van der Waals surface area contributed by atoms with E-state index in [4.69, 9.17) is 4.74 Å². The minimum Gasteiger partial charge on any atom is -0.493 e. The quantitative estimate of drug-likeness (QED) is 0.936. The molecule has 2 aromatic rings. The first-order chi connectivity index (χ1) is 11.5. The van der Waals surface area contributed by atoms with Crippen molar-refractivity contribution in [1.29, 1.82) is 0 Å². The summed E-state index contributed by atoms with van der Waals surface area (Å²) in [5.41, 5.74) is 3.73. The van der Waals surface area contributed by atoms with Crippen LogP contribution < -0.4 is 10.1 Å². The van der Waals surface area contributed by atoms with E-state index in [-0.39, 0.29) is 11.9 Å². The molecule has 3 rings (SSSR count). The van der Waals surface area contributed by atoms with Crippen LogP contribution >= 0.6 is 0 Å². The molecule has 2 heterocycles. The van der Waals surface area contributed by atoms with Gasteiger partial charge in [-0.05, 0) is 25.3 Å². The lowest BCUT2D eigenvalue weighted by Crippen LogP contribution is -2.32. The number of nitrogens with zero attached hydrogens (tertiary/aromatic N) is 2. The van der Waals surface area contributed by atoms with E-state index >= 15 is 0 Å². The van der Waals surface area contributed by atoms with Crippen LogP contribution in [-0.2, 0) is 6.54 Å². The molecule has 5 heteroatoms. The monoisotopic (exact) mass is 327 g/mol. The predicted octanol–water partition coefficient (Wildman–Crippen LogP) is 3.41. The van der Waals surface area contributed by atoms with Crippen molar-refractivity contribution < 1.29 is 9.53 Å². The van der Waals surface area contributed by atoms with Crippen LogP contribution in [0, 0.1) is 19.8 Å². The molecule has 0 aliphatic carbocycles. The molecule has 1 N–H and O–H groups in total. The van der Waals surface area contributed by atoms with Gasteiger partial charge in [0.05, 0.1) is 24.4 Å². The van der Waals surface area contributed by atoms with Crippen molar-refractivity contribution >= 4 is 5.91 Å². The molecule has 0 saturated carbocycles. The Balaban J connectivity index is 1.80. The number of rotatable bonds is 4. The molecule has 0 bridgehead atoms. The summed E-state index contributed by atoms with van der Waals surface area (Å²) < 4.78 is 7.68. The number of nitrogens with one attached hydrogen (secondary N) is 1. The maximum Gasteiger partial charge on any atom is 0.255 e. The number of para-hydroxylation sites is 1. The molecule has 0 unspecified atom stereocenters. The van der Waals surface area contributed by atoms with Crippen molar-refractivity contribution in [1.82, 2.24) is 15.1 Å². The number of ether oxygens (including phenoxy) is 1. The molecule has 1 aromatic heterocycles. The normalized spacial score (nSPS) is 16.6. The second kappa shape index (κ2) is 6.67. The molecule has 0 fully saturated rings. The molecule has 1 aliphatic rings. The summed E-state index contributed by atoms with van der Waals surface area (Å²) in [6, 6.07) is 6.05. The minimum atomic E-state index is -0.0677. The zero-order valence-electron chi connectivity index (χ0n) is 14.8. The highest BCUT2D eigenvalue weighted by Gasteiger charge is 2.25. The van der Waals surface area contributed by atoms with E-state index in [0.29, 0.717) is 18.1 Å². The van der Waals surface area contributed by atoms with Crippen molar-refractivity contribution in [3.8, 4) is 5.75 Å². The number of aryl methyl sites for hydroxylation is 1. The topological polar surface area (TPSA) is 56.1 Å². The van der Waals surface area contributed by atoms with Gasteiger partial charge >= 0.3 is 0 Å². The van der Waals surface area contributed by atoms with Crippen LogP contribution in [0.25, 0.3) is 0 Å². The van der Waals surface area contributed by atoms with E-state index in [9.17, 15) is 4.79 Å². The Bertz CT molecular complexity index is 749. The molecular formula is C19H25N3O2. The Morgan fingerprint density at radius 1 is 1.42 bits per heavy atom. The first-order valence-electron chi connectivity index (χ1n) is 8.53. The Kier molecular flexibility index (Phi) is 4.60. The first-order valence-corrected chi connectivity index (χ1v) is 8.53. The molecule has 24 heavy (non-hydrogen) atoms. The number of fused-ring (bicyclic) bond motifs is 1. The summed E-state index contributed by atoms with van der Waals surface area (Å²) in [7, 11) is 0. The van der Waals surface area contributed by atoms with Gasteiger partial charge in [0, 0.05) is 24.2 Å². The van der Waals surface area contributed by atoms with Crippen LogP contribution in [-0.4, -0.2) is 22.3 Å². The van der Waals surface area contributed by atoms with Gasteiger partial charge in [-0.25, -0.2) is 0 Å². The summed E-state index contributed by atoms with van der Waals surface area (Å²) in [4.78, 5) is 12.7. The smallest absolute Gasteiger partial charge is 0.255 e. The van der Waals surface area contributed by atoms with Crippen molar-refractivity contribution in [3.63, 3.8) is 0 Å². The van der Waals surface area contributed by atoms with Crippen LogP contribution in [0.5, 0.6) is 5.75 Å². The maximum absolute atomic E-state index is 12.7. The number of hydrogen-bond donors (Lipinski definition) is 1. The fourth-order valence-electron chi connectivity index (χ4n) is 3.17. The number of amides is 1. The Morgan fingerprint density at radius 2 is 2.21 bits per heavy atom. The molecule has 0 saturated heterocycles. The Hall–Kier alpha value is -2.30. The lowest BCUT2D eigenvalue weighted by atomic mass is 9.97. The summed E-state index contributed by atoms with van der Waals surface area (Å²) >= 11 is 0. The molecule has 128 valence electrons. The lowest BCUT2D eigenvalue weighted by molar-refractivity contribution is 0.0924. The molecule has 1 amide bonds. The lowest BCUT2D eigenvalue weighted by Gasteiger charge is -2.27. The molecule has 1 aromatic carbocycles. The van der Waals surface area contributed by atoms with Crippen LogP contribution in [0.4, 0.5) is 0 Å². The number of carbonyl (C=O) groups excluding carboxylic acids is 1. The second-order valence-electron chi connectivity index (χ2n) is 6.88. The van der Waals surface area contributed by atoms with Gasteiger partial charge in [0.2, 0.25) is 0 Å². The molecule has 5 nitrogen and oxygen atoms in total. The number of hydrogen-bond acceptors (Lipinski definition) is 3. The molecule has 0 spiro atoms. The van der Waals surface area contributed by atoms with Crippen molar-refractivity contribution in [2.75, 3.05) is 6.61 Å². The zero-order chi connectivity index (χ0) is 17.3. The SMILES string of the molecule is Cc1cccc2c1OCC[C@H]2NC(=O)c1cnn(CC(C)C)c1C. The van der Waals surface area contributed by atoms with E-state index in [1.807, 2.05) is 36.7 Å². The van der Waals surface area contributed by atoms with Crippen molar-refractivity contribution in [2.45, 2.75) is 46.7 Å². The third kappa shape index (κ3) is 3.16. The van der Waals surface area contributed by atoms with Gasteiger partial charge in [-0.1, -0.05) is 32.0 Å². The summed E-state index contributed by atoms with van der Waals surface area (Å²) in [6.45, 7) is 9.70. The summed E-state index contributed by atoms with van der Waals surface area (Å²) in [5, 5.41) is 7.51. The fourth-order valence-corrected chi connectivity index (χ4v) is 3.17. The van der Waals surface area contributed by atoms with E-state index in [1.54, 1.807) is 6.20 Å². The number of benzene rings is 1. The van der Waals surface area contributed by atoms with Gasteiger partial charge in [-0.2, -0.15) is 5.10 Å². The van der Waals surface area contributed by atoms with Crippen molar-refractivity contribution in [3.05, 3.63) is 46.8 Å². The van der Waals surface area contributed by atoms with Crippen LogP contribution in [0.3, 0.4) is 0 Å². The molecular weight excluding hydrogens is 302 g/mol. The van der Waals surface area contributed by atoms with E-state index in [1.165, 1.54) is 0 Å². The van der Waals surface area contributed by atoms with Crippen molar-refractivity contribution in [2.24, 2.45) is 5.92 Å². The third-order valence-corrected chi connectivity index (χ3v) is 4.46. The average Bonchev–Trinajstić information content (AvgIpc) is 2.89. The zero-order valence-corrected chi connectivity index (χ0v) is 14.8. The van der Waals surface area contributed by atoms with Gasteiger partial charge in [0.15, 0.2) is 0 Å². The van der Waals surface area contributed by atoms with Gasteiger partial charge in [0.25, 0.3) is 5.91 Å². The highest BCUT2D eigenvalue weighted by atomic mass is 16.5. The molecule has 0 radical (unpaired) electrons. The summed E-state index contributed by atoms with van der Waals surface area (Å²) in [6.07, 6.45) is 2.45. The van der Waals surface area contributed by atoms with E-state index in [0.717, 1.165) is 35.5 Å². The predicted molar refractivity (Wildman–Crippen MR) is 93.3 cm³/mol. The minimum absolute atomic E-state index is 0.0194. The largest absolute Gasteiger partial charge is 0.493 e. The van der Waals surface area contributed by atoms with Crippen LogP contribution in [0.2, 0.25) is 0 Å². The third-order valence-electron chi connectivity index (χ3n) is 4.46. The van der Waals surface area contributed by atoms with Gasteiger partial charge in [0.1, 0.15) is 5.75 Å². The van der Waals surface area contributed by atoms with Crippen LogP contribution in [0.15, 0.2) is 24.4 Å². The van der Waals surface area contributed by atoms with Gasteiger partial charge in [-0.3, -0.25) is 9.48 Å². The summed E-state index contributed by atoms with van der Waals surface area (Å²) in [5.74, 6) is 1.33. The number of carbonyl (C=O) groups is 1. The van der Waals surface area contributed by atoms with Gasteiger partial charge < -0.3 is 10.1 Å². The Morgan fingerprint density at radius 3 is 2.96 bits per heavy atom. The van der Waals surface area contributed by atoms with Gasteiger partial charge in [-0.15, -0.1) is 0 Å². The standard InChI is InChI=1S/C19H25N3O2/c1-12(2)11-22-14(4)16(10-20-22)19(23)21-17-8-9-24-18-13(3)6-5-7-15(17)18/h5-7,10,12,17H,8-9,11H2,1-4H3,(H,21,23)/t17-/m1/s1. The second-order valence-corrected chi connectivity index (χ2v) is 6.88. The Labute approximate surface area is 143 Å². The average molecular weight is 327 g/mol. The number of aromatic nitrogens is 2. The molecule has 1 aliphatic heterocycles. The molecule has 1 atom stereocenters. The maximum atomic E-state index is 12.7. The van der Waals surface area contributed by atoms with E-state index in [2.05, 4.69) is 24.3 Å².